The fourth-order valence-corrected chi connectivity index (χ4v) is 4.23. The first-order valence-corrected chi connectivity index (χ1v) is 11.4. The number of benzene rings is 2. The van der Waals surface area contributed by atoms with Gasteiger partial charge in [-0.15, -0.1) is 10.2 Å². The fourth-order valence-electron chi connectivity index (χ4n) is 3.44. The first-order valence-electron chi connectivity index (χ1n) is 10.6. The number of likely N-dealkylation sites (tertiary alicyclic amines) is 1. The Balaban J connectivity index is 1.28. The summed E-state index contributed by atoms with van der Waals surface area (Å²) >= 11 is 1.43. The van der Waals surface area contributed by atoms with Crippen LogP contribution in [0.15, 0.2) is 60.7 Å². The van der Waals surface area contributed by atoms with E-state index in [4.69, 9.17) is 4.74 Å². The van der Waals surface area contributed by atoms with E-state index in [0.29, 0.717) is 11.7 Å². The maximum Gasteiger partial charge on any atom is 0.250 e. The van der Waals surface area contributed by atoms with E-state index in [1.165, 1.54) is 36.7 Å². The molecule has 0 bridgehead atoms. The number of carbonyl (C=O) groups is 1. The molecule has 160 valence electrons. The molecule has 4 rings (SSSR count). The number of hydrogen-bond donors (Lipinski definition) is 1. The van der Waals surface area contributed by atoms with Crippen LogP contribution in [0.1, 0.15) is 35.4 Å². The maximum atomic E-state index is 12.3. The molecule has 2 aromatic carbocycles. The van der Waals surface area contributed by atoms with Crippen molar-refractivity contribution in [3.8, 4) is 5.75 Å². The summed E-state index contributed by atoms with van der Waals surface area (Å²) in [7, 11) is 0. The maximum absolute atomic E-state index is 12.3. The molecule has 0 aliphatic carbocycles. The fraction of sp³-hybridized carbons (Fsp3) is 0.292. The van der Waals surface area contributed by atoms with E-state index < -0.39 is 0 Å². The standard InChI is InChI=1S/C24H26N4O2S/c29-22(25-24-27-26-23(31-24)17-28-14-5-2-6-15-28)13-12-19-10-7-11-21(16-19)30-18-20-8-3-1-4-9-20/h1,3-4,7-13,16H,2,5-6,14-15,17-18H2,(H,25,27,29)/b13-12+. The largest absolute Gasteiger partial charge is 0.489 e. The van der Waals surface area contributed by atoms with Crippen molar-refractivity contribution in [1.29, 1.82) is 0 Å². The Hall–Kier alpha value is -3.03. The molecule has 1 aliphatic rings. The number of nitrogens with one attached hydrogen (secondary N) is 1. The summed E-state index contributed by atoms with van der Waals surface area (Å²) in [6, 6.07) is 17.7. The normalized spacial score (nSPS) is 14.6. The lowest BCUT2D eigenvalue weighted by Crippen LogP contribution is -2.28. The molecule has 0 radical (unpaired) electrons. The van der Waals surface area contributed by atoms with Crippen LogP contribution in [-0.4, -0.2) is 34.1 Å². The molecule has 6 nitrogen and oxygen atoms in total. The molecule has 1 aliphatic heterocycles. The molecule has 31 heavy (non-hydrogen) atoms. The molecule has 3 aromatic rings. The minimum absolute atomic E-state index is 0.226. The third kappa shape index (κ3) is 6.73. The zero-order chi connectivity index (χ0) is 21.3. The first-order chi connectivity index (χ1) is 15.2. The number of piperidine rings is 1. The molecular weight excluding hydrogens is 408 g/mol. The number of anilines is 1. The van der Waals surface area contributed by atoms with Crippen LogP contribution >= 0.6 is 11.3 Å². The quantitative estimate of drug-likeness (QED) is 0.518. The van der Waals surface area contributed by atoms with Crippen LogP contribution in [0.4, 0.5) is 5.13 Å². The summed E-state index contributed by atoms with van der Waals surface area (Å²) in [5.74, 6) is 0.536. The highest BCUT2D eigenvalue weighted by atomic mass is 32.1. The smallest absolute Gasteiger partial charge is 0.250 e. The second-order valence-electron chi connectivity index (χ2n) is 7.51. The van der Waals surface area contributed by atoms with E-state index in [9.17, 15) is 4.79 Å². The molecule has 0 atom stereocenters. The molecule has 1 amide bonds. The van der Waals surface area contributed by atoms with Crippen molar-refractivity contribution in [1.82, 2.24) is 15.1 Å². The molecule has 1 N–H and O–H groups in total. The average Bonchev–Trinajstić information content (AvgIpc) is 3.24. The lowest BCUT2D eigenvalue weighted by molar-refractivity contribution is -0.111. The van der Waals surface area contributed by atoms with Crippen LogP contribution < -0.4 is 10.1 Å². The number of aromatic nitrogens is 2. The molecule has 0 spiro atoms. The van der Waals surface area contributed by atoms with E-state index in [2.05, 4.69) is 20.4 Å². The molecule has 7 heteroatoms. The van der Waals surface area contributed by atoms with Gasteiger partial charge in [0.1, 0.15) is 17.4 Å². The van der Waals surface area contributed by atoms with Crippen LogP contribution in [0.5, 0.6) is 5.75 Å². The predicted molar refractivity (Wildman–Crippen MR) is 124 cm³/mol. The molecule has 0 unspecified atom stereocenters. The Morgan fingerprint density at radius 3 is 2.74 bits per heavy atom. The van der Waals surface area contributed by atoms with E-state index in [1.54, 1.807) is 6.08 Å². The van der Waals surface area contributed by atoms with Gasteiger partial charge < -0.3 is 4.74 Å². The molecular formula is C24H26N4O2S. The van der Waals surface area contributed by atoms with E-state index >= 15 is 0 Å². The average molecular weight is 435 g/mol. The van der Waals surface area contributed by atoms with Crippen LogP contribution in [0.2, 0.25) is 0 Å². The van der Waals surface area contributed by atoms with Crippen molar-refractivity contribution >= 4 is 28.5 Å². The van der Waals surface area contributed by atoms with Gasteiger partial charge in [-0.1, -0.05) is 60.2 Å². The highest BCUT2D eigenvalue weighted by Gasteiger charge is 2.13. The number of hydrogen-bond acceptors (Lipinski definition) is 6. The van der Waals surface area contributed by atoms with Crippen LogP contribution in [0.3, 0.4) is 0 Å². The van der Waals surface area contributed by atoms with E-state index in [1.807, 2.05) is 54.6 Å². The second kappa shape index (κ2) is 10.8. The Morgan fingerprint density at radius 1 is 1.06 bits per heavy atom. The summed E-state index contributed by atoms with van der Waals surface area (Å²) in [6.07, 6.45) is 7.06. The summed E-state index contributed by atoms with van der Waals surface area (Å²) in [5.41, 5.74) is 2.00. The SMILES string of the molecule is O=C(/C=C/c1cccc(OCc2ccccc2)c1)Nc1nnc(CN2CCCCC2)s1. The van der Waals surface area contributed by atoms with Gasteiger partial charge in [0.15, 0.2) is 0 Å². The van der Waals surface area contributed by atoms with Gasteiger partial charge in [0.2, 0.25) is 11.0 Å². The van der Waals surface area contributed by atoms with Gasteiger partial charge in [-0.05, 0) is 55.3 Å². The summed E-state index contributed by atoms with van der Waals surface area (Å²) < 4.78 is 5.85. The van der Waals surface area contributed by atoms with Crippen molar-refractivity contribution in [3.05, 3.63) is 76.8 Å². The molecule has 1 aromatic heterocycles. The van der Waals surface area contributed by atoms with Crippen molar-refractivity contribution in [2.75, 3.05) is 18.4 Å². The number of ether oxygens (including phenoxy) is 1. The number of rotatable bonds is 8. The summed E-state index contributed by atoms with van der Waals surface area (Å²) in [5, 5.41) is 12.6. The highest BCUT2D eigenvalue weighted by molar-refractivity contribution is 7.15. The topological polar surface area (TPSA) is 67.3 Å². The van der Waals surface area contributed by atoms with Crippen LogP contribution in [0, 0.1) is 0 Å². The zero-order valence-electron chi connectivity index (χ0n) is 17.4. The second-order valence-corrected chi connectivity index (χ2v) is 8.57. The van der Waals surface area contributed by atoms with Crippen molar-refractivity contribution < 1.29 is 9.53 Å². The zero-order valence-corrected chi connectivity index (χ0v) is 18.2. The first kappa shape index (κ1) is 21.2. The summed E-state index contributed by atoms with van der Waals surface area (Å²) in [4.78, 5) is 14.7. The van der Waals surface area contributed by atoms with E-state index in [-0.39, 0.29) is 5.91 Å². The third-order valence-corrected chi connectivity index (χ3v) is 5.86. The van der Waals surface area contributed by atoms with Gasteiger partial charge in [0.25, 0.3) is 0 Å². The Labute approximate surface area is 186 Å². The number of carbonyl (C=O) groups excluding carboxylic acids is 1. The van der Waals surface area contributed by atoms with Crippen molar-refractivity contribution in [2.24, 2.45) is 0 Å². The summed E-state index contributed by atoms with van der Waals surface area (Å²) in [6.45, 7) is 3.53. The molecule has 0 saturated carbocycles. The van der Waals surface area contributed by atoms with Crippen molar-refractivity contribution in [2.45, 2.75) is 32.4 Å². The minimum atomic E-state index is -0.226. The van der Waals surface area contributed by atoms with Gasteiger partial charge in [0.05, 0.1) is 6.54 Å². The lowest BCUT2D eigenvalue weighted by Gasteiger charge is -2.24. The van der Waals surface area contributed by atoms with Crippen molar-refractivity contribution in [3.63, 3.8) is 0 Å². The van der Waals surface area contributed by atoms with Gasteiger partial charge in [-0.25, -0.2) is 0 Å². The third-order valence-electron chi connectivity index (χ3n) is 5.04. The Bertz CT molecular complexity index is 1010. The minimum Gasteiger partial charge on any atom is -0.489 e. The lowest BCUT2D eigenvalue weighted by atomic mass is 10.1. The number of amides is 1. The monoisotopic (exact) mass is 434 g/mol. The van der Waals surface area contributed by atoms with Gasteiger partial charge in [0, 0.05) is 6.08 Å². The van der Waals surface area contributed by atoms with Gasteiger partial charge in [-0.2, -0.15) is 0 Å². The Kier molecular flexibility index (Phi) is 7.41. The van der Waals surface area contributed by atoms with Gasteiger partial charge in [-0.3, -0.25) is 15.0 Å². The highest BCUT2D eigenvalue weighted by Crippen LogP contribution is 2.20. The Morgan fingerprint density at radius 2 is 1.90 bits per heavy atom. The van der Waals surface area contributed by atoms with Crippen LogP contribution in [0.25, 0.3) is 6.08 Å². The number of nitrogens with zero attached hydrogens (tertiary/aromatic N) is 3. The van der Waals surface area contributed by atoms with Gasteiger partial charge >= 0.3 is 0 Å². The van der Waals surface area contributed by atoms with E-state index in [0.717, 1.165) is 41.5 Å². The molecule has 1 saturated heterocycles. The molecule has 2 heterocycles. The molecule has 1 fully saturated rings. The predicted octanol–water partition coefficient (Wildman–Crippen LogP) is 4.75. The van der Waals surface area contributed by atoms with Crippen LogP contribution in [-0.2, 0) is 17.9 Å².